The molecule has 1 unspecified atom stereocenters. The van der Waals surface area contributed by atoms with Gasteiger partial charge in [-0.1, -0.05) is 44.7 Å². The van der Waals surface area contributed by atoms with Crippen molar-refractivity contribution in [3.63, 3.8) is 0 Å². The first kappa shape index (κ1) is 21.2. The molecule has 0 spiro atoms. The summed E-state index contributed by atoms with van der Waals surface area (Å²) in [6, 6.07) is 7.72. The number of aryl methyl sites for hydroxylation is 2. The highest BCUT2D eigenvalue weighted by atomic mass is 32.2. The van der Waals surface area contributed by atoms with Crippen molar-refractivity contribution < 1.29 is 9.84 Å². The number of rotatable bonds is 8. The molecule has 0 aliphatic rings. The number of aliphatic hydroxyl groups is 1. The topological polar surface area (TPSA) is 102 Å². The fraction of sp³-hybridized carbons (Fsp3) is 0.450. The van der Waals surface area contributed by atoms with E-state index in [4.69, 9.17) is 4.74 Å². The van der Waals surface area contributed by atoms with Crippen LogP contribution in [-0.2, 0) is 20.0 Å². The van der Waals surface area contributed by atoms with Crippen molar-refractivity contribution in [2.24, 2.45) is 7.05 Å². The van der Waals surface area contributed by atoms with Crippen LogP contribution in [0.5, 0.6) is 5.75 Å². The summed E-state index contributed by atoms with van der Waals surface area (Å²) in [5.74, 6) is 0.675. The molecule has 0 amide bonds. The molecule has 0 radical (unpaired) electrons. The molecule has 2 aromatic heterocycles. The van der Waals surface area contributed by atoms with Gasteiger partial charge in [0.15, 0.2) is 16.3 Å². The first-order valence-corrected chi connectivity index (χ1v) is 10.4. The van der Waals surface area contributed by atoms with E-state index in [1.165, 1.54) is 21.9 Å². The molecule has 3 rings (SSSR count). The van der Waals surface area contributed by atoms with Crippen LogP contribution in [0.2, 0.25) is 0 Å². The SMILES string of the molecule is CCc1ccc(OCC(O)Cn2c(SC(C)C)nc3c2c(=O)[nH]c(=O)n3C)cc1. The first-order valence-electron chi connectivity index (χ1n) is 9.56. The Morgan fingerprint density at radius 1 is 1.24 bits per heavy atom. The van der Waals surface area contributed by atoms with Crippen LogP contribution < -0.4 is 16.0 Å². The highest BCUT2D eigenvalue weighted by Crippen LogP contribution is 2.25. The number of hydrogen-bond donors (Lipinski definition) is 2. The van der Waals surface area contributed by atoms with Gasteiger partial charge in [-0.3, -0.25) is 14.3 Å². The number of ether oxygens (including phenoxy) is 1. The van der Waals surface area contributed by atoms with Crippen LogP contribution >= 0.6 is 11.8 Å². The fourth-order valence-electron chi connectivity index (χ4n) is 2.96. The summed E-state index contributed by atoms with van der Waals surface area (Å²) in [6.45, 7) is 6.30. The van der Waals surface area contributed by atoms with Gasteiger partial charge < -0.3 is 14.4 Å². The van der Waals surface area contributed by atoms with E-state index in [0.717, 1.165) is 6.42 Å². The molecule has 156 valence electrons. The zero-order valence-corrected chi connectivity index (χ0v) is 17.8. The Morgan fingerprint density at radius 2 is 1.93 bits per heavy atom. The Labute approximate surface area is 172 Å². The van der Waals surface area contributed by atoms with Crippen LogP contribution in [0.1, 0.15) is 26.3 Å². The van der Waals surface area contributed by atoms with Gasteiger partial charge in [0, 0.05) is 12.3 Å². The van der Waals surface area contributed by atoms with E-state index in [1.54, 1.807) is 11.6 Å². The molecule has 3 aromatic rings. The summed E-state index contributed by atoms with van der Waals surface area (Å²) < 4.78 is 8.65. The molecular formula is C20H26N4O4S. The van der Waals surface area contributed by atoms with E-state index < -0.39 is 17.4 Å². The molecule has 0 aliphatic heterocycles. The predicted molar refractivity (Wildman–Crippen MR) is 114 cm³/mol. The lowest BCUT2D eigenvalue weighted by atomic mass is 10.2. The molecule has 9 heteroatoms. The van der Waals surface area contributed by atoms with Crippen LogP contribution in [0.25, 0.3) is 11.2 Å². The van der Waals surface area contributed by atoms with Crippen molar-refractivity contribution in [1.82, 2.24) is 19.1 Å². The fourth-order valence-corrected chi connectivity index (χ4v) is 3.82. The van der Waals surface area contributed by atoms with E-state index in [9.17, 15) is 14.7 Å². The summed E-state index contributed by atoms with van der Waals surface area (Å²) in [7, 11) is 1.56. The minimum atomic E-state index is -0.860. The summed E-state index contributed by atoms with van der Waals surface area (Å²) in [5, 5.41) is 11.3. The number of nitrogens with zero attached hydrogens (tertiary/aromatic N) is 3. The number of aliphatic hydroxyl groups excluding tert-OH is 1. The summed E-state index contributed by atoms with van der Waals surface area (Å²) in [5.41, 5.74) is 0.733. The number of hydrogen-bond acceptors (Lipinski definition) is 6. The van der Waals surface area contributed by atoms with Crippen LogP contribution in [0.3, 0.4) is 0 Å². The van der Waals surface area contributed by atoms with Gasteiger partial charge in [-0.25, -0.2) is 9.78 Å². The lowest BCUT2D eigenvalue weighted by Gasteiger charge is -2.16. The zero-order valence-electron chi connectivity index (χ0n) is 17.0. The molecule has 0 saturated heterocycles. The molecule has 2 heterocycles. The van der Waals surface area contributed by atoms with Crippen molar-refractivity contribution in [1.29, 1.82) is 0 Å². The van der Waals surface area contributed by atoms with E-state index in [-0.39, 0.29) is 23.9 Å². The third kappa shape index (κ3) is 4.73. The summed E-state index contributed by atoms with van der Waals surface area (Å²) in [6.07, 6.45) is 0.0885. The number of aromatic nitrogens is 4. The summed E-state index contributed by atoms with van der Waals surface area (Å²) >= 11 is 1.47. The zero-order chi connectivity index (χ0) is 21.1. The van der Waals surface area contributed by atoms with Gasteiger partial charge in [0.25, 0.3) is 5.56 Å². The van der Waals surface area contributed by atoms with Crippen LogP contribution in [0.4, 0.5) is 0 Å². The van der Waals surface area contributed by atoms with Gasteiger partial charge >= 0.3 is 5.69 Å². The average molecular weight is 419 g/mol. The number of H-pyrrole nitrogens is 1. The van der Waals surface area contributed by atoms with Gasteiger partial charge in [0.05, 0.1) is 6.54 Å². The lowest BCUT2D eigenvalue weighted by molar-refractivity contribution is 0.0913. The molecule has 1 atom stereocenters. The van der Waals surface area contributed by atoms with E-state index >= 15 is 0 Å². The maximum atomic E-state index is 12.4. The van der Waals surface area contributed by atoms with Gasteiger partial charge in [0.1, 0.15) is 18.5 Å². The Kier molecular flexibility index (Phi) is 6.49. The molecule has 2 N–H and O–H groups in total. The Morgan fingerprint density at radius 3 is 2.55 bits per heavy atom. The van der Waals surface area contributed by atoms with Crippen molar-refractivity contribution in [3.8, 4) is 5.75 Å². The predicted octanol–water partition coefficient (Wildman–Crippen LogP) is 1.93. The van der Waals surface area contributed by atoms with Crippen LogP contribution in [0, 0.1) is 0 Å². The second-order valence-corrected chi connectivity index (χ2v) is 8.67. The minimum Gasteiger partial charge on any atom is -0.491 e. The van der Waals surface area contributed by atoms with Crippen LogP contribution in [-0.4, -0.2) is 42.2 Å². The second-order valence-electron chi connectivity index (χ2n) is 7.12. The highest BCUT2D eigenvalue weighted by molar-refractivity contribution is 7.99. The quantitative estimate of drug-likeness (QED) is 0.542. The average Bonchev–Trinajstić information content (AvgIpc) is 3.03. The molecule has 0 bridgehead atoms. The molecular weight excluding hydrogens is 392 g/mol. The van der Waals surface area contributed by atoms with E-state index in [1.807, 2.05) is 38.1 Å². The second kappa shape index (κ2) is 8.87. The lowest BCUT2D eigenvalue weighted by Crippen LogP contribution is -2.30. The molecule has 0 fully saturated rings. The Bertz CT molecular complexity index is 1100. The van der Waals surface area contributed by atoms with Crippen molar-refractivity contribution >= 4 is 22.9 Å². The Balaban J connectivity index is 1.86. The molecule has 1 aromatic carbocycles. The number of fused-ring (bicyclic) bond motifs is 1. The number of benzene rings is 1. The standard InChI is InChI=1S/C20H26N4O4S/c1-5-13-6-8-15(9-7-13)28-11-14(25)10-24-16-17(21-20(24)29-12(2)3)23(4)19(27)22-18(16)26/h6-9,12,14,25H,5,10-11H2,1-4H3,(H,22,26,27). The van der Waals surface area contributed by atoms with E-state index in [0.29, 0.717) is 16.6 Å². The van der Waals surface area contributed by atoms with E-state index in [2.05, 4.69) is 16.9 Å². The van der Waals surface area contributed by atoms with Crippen molar-refractivity contribution in [3.05, 3.63) is 50.7 Å². The monoisotopic (exact) mass is 418 g/mol. The third-order valence-corrected chi connectivity index (χ3v) is 5.47. The number of nitrogens with one attached hydrogen (secondary N) is 1. The maximum absolute atomic E-state index is 12.4. The van der Waals surface area contributed by atoms with Gasteiger partial charge in [-0.2, -0.15) is 0 Å². The Hall–Kier alpha value is -2.52. The number of aromatic amines is 1. The highest BCUT2D eigenvalue weighted by Gasteiger charge is 2.20. The molecule has 0 saturated carbocycles. The van der Waals surface area contributed by atoms with Gasteiger partial charge in [-0.15, -0.1) is 0 Å². The first-order chi connectivity index (χ1) is 13.8. The molecule has 8 nitrogen and oxygen atoms in total. The van der Waals surface area contributed by atoms with Crippen LogP contribution in [0.15, 0.2) is 39.0 Å². The van der Waals surface area contributed by atoms with Gasteiger partial charge in [-0.05, 0) is 24.1 Å². The number of thioether (sulfide) groups is 1. The normalized spacial score (nSPS) is 12.6. The van der Waals surface area contributed by atoms with Gasteiger partial charge in [0.2, 0.25) is 0 Å². The summed E-state index contributed by atoms with van der Waals surface area (Å²) in [4.78, 5) is 31.1. The van der Waals surface area contributed by atoms with Crippen molar-refractivity contribution in [2.45, 2.75) is 50.2 Å². The van der Waals surface area contributed by atoms with Crippen molar-refractivity contribution in [2.75, 3.05) is 6.61 Å². The largest absolute Gasteiger partial charge is 0.491 e. The maximum Gasteiger partial charge on any atom is 0.329 e. The minimum absolute atomic E-state index is 0.0700. The molecule has 0 aliphatic carbocycles. The number of imidazole rings is 1. The smallest absolute Gasteiger partial charge is 0.329 e. The third-order valence-electron chi connectivity index (χ3n) is 4.48. The molecule has 29 heavy (non-hydrogen) atoms.